The minimum absolute atomic E-state index is 0.105. The number of esters is 2. The lowest BCUT2D eigenvalue weighted by atomic mass is 10.1. The summed E-state index contributed by atoms with van der Waals surface area (Å²) < 4.78 is 47.8. The zero-order valence-corrected chi connectivity index (χ0v) is 16.5. The first kappa shape index (κ1) is 21.5. The van der Waals surface area contributed by atoms with E-state index in [1.807, 2.05) is 0 Å². The smallest absolute Gasteiger partial charge is 0.419 e. The van der Waals surface area contributed by atoms with Gasteiger partial charge < -0.3 is 18.3 Å². The zero-order valence-electron chi connectivity index (χ0n) is 16.5. The van der Waals surface area contributed by atoms with Gasteiger partial charge in [-0.3, -0.25) is 11.5 Å². The third kappa shape index (κ3) is 4.61. The van der Waals surface area contributed by atoms with E-state index in [4.69, 9.17) is 29.8 Å². The largest absolute Gasteiger partial charge is 0.464 e. The van der Waals surface area contributed by atoms with Crippen molar-refractivity contribution in [3.8, 4) is 0 Å². The van der Waals surface area contributed by atoms with Crippen molar-refractivity contribution in [2.24, 2.45) is 11.5 Å². The Morgan fingerprint density at radius 1 is 0.781 bits per heavy atom. The van der Waals surface area contributed by atoms with Crippen LogP contribution < -0.4 is 11.5 Å². The molecule has 0 aliphatic rings. The Bertz CT molecular complexity index is 1200. The summed E-state index contributed by atoms with van der Waals surface area (Å²) in [6, 6.07) is 8.12. The van der Waals surface area contributed by atoms with Gasteiger partial charge in [-0.1, -0.05) is 0 Å². The lowest BCUT2D eigenvalue weighted by molar-refractivity contribution is -0.173. The van der Waals surface area contributed by atoms with Gasteiger partial charge in [0.05, 0.1) is 12.5 Å². The van der Waals surface area contributed by atoms with E-state index in [9.17, 15) is 18.4 Å². The van der Waals surface area contributed by atoms with Crippen molar-refractivity contribution in [1.29, 1.82) is 0 Å². The monoisotopic (exact) mass is 444 g/mol. The molecule has 8 nitrogen and oxygen atoms in total. The SMILES string of the molecule is NC(Cc1cc(F)cc2ccoc12)OC(=O)C(=O)OC(N)Cc1cc(F)cc2ccoc12. The van der Waals surface area contributed by atoms with Gasteiger partial charge in [-0.2, -0.15) is 0 Å². The van der Waals surface area contributed by atoms with Gasteiger partial charge in [-0.15, -0.1) is 0 Å². The fourth-order valence-electron chi connectivity index (χ4n) is 3.42. The molecule has 166 valence electrons. The molecule has 2 atom stereocenters. The van der Waals surface area contributed by atoms with Crippen molar-refractivity contribution < 1.29 is 36.7 Å². The Morgan fingerprint density at radius 2 is 1.19 bits per heavy atom. The summed E-state index contributed by atoms with van der Waals surface area (Å²) >= 11 is 0. The highest BCUT2D eigenvalue weighted by Gasteiger charge is 2.25. The fourth-order valence-corrected chi connectivity index (χ4v) is 3.42. The van der Waals surface area contributed by atoms with Gasteiger partial charge in [-0.25, -0.2) is 18.4 Å². The number of carbonyl (C=O) groups excluding carboxylic acids is 2. The molecule has 32 heavy (non-hydrogen) atoms. The number of hydrogen-bond acceptors (Lipinski definition) is 8. The predicted octanol–water partition coefficient (Wildman–Crippen LogP) is 2.90. The van der Waals surface area contributed by atoms with Crippen LogP contribution in [0, 0.1) is 11.6 Å². The van der Waals surface area contributed by atoms with E-state index in [1.165, 1.54) is 36.8 Å². The van der Waals surface area contributed by atoms with E-state index in [0.29, 0.717) is 33.1 Å². The van der Waals surface area contributed by atoms with Gasteiger partial charge >= 0.3 is 11.9 Å². The van der Waals surface area contributed by atoms with E-state index >= 15 is 0 Å². The van der Waals surface area contributed by atoms with Crippen molar-refractivity contribution in [3.63, 3.8) is 0 Å². The van der Waals surface area contributed by atoms with Crippen LogP contribution in [0.15, 0.2) is 57.8 Å². The van der Waals surface area contributed by atoms with Crippen LogP contribution in [0.1, 0.15) is 11.1 Å². The first-order valence-electron chi connectivity index (χ1n) is 9.54. The van der Waals surface area contributed by atoms with Crippen molar-refractivity contribution in [2.45, 2.75) is 25.3 Å². The molecule has 2 aromatic carbocycles. The highest BCUT2D eigenvalue weighted by Crippen LogP contribution is 2.24. The summed E-state index contributed by atoms with van der Waals surface area (Å²) in [5.41, 5.74) is 13.1. The van der Waals surface area contributed by atoms with E-state index in [0.717, 1.165) is 0 Å². The first-order chi connectivity index (χ1) is 15.3. The molecule has 0 aliphatic heterocycles. The molecule has 0 fully saturated rings. The highest BCUT2D eigenvalue weighted by molar-refractivity contribution is 6.29. The van der Waals surface area contributed by atoms with Gasteiger partial charge in [0.2, 0.25) is 0 Å². The molecule has 4 rings (SSSR count). The second kappa shape index (κ2) is 8.77. The molecule has 0 aliphatic carbocycles. The molecule has 2 heterocycles. The van der Waals surface area contributed by atoms with Crippen LogP contribution in [0.25, 0.3) is 21.9 Å². The number of hydrogen-bond donors (Lipinski definition) is 2. The van der Waals surface area contributed by atoms with Crippen molar-refractivity contribution in [3.05, 3.63) is 71.7 Å². The maximum absolute atomic E-state index is 13.7. The second-order valence-corrected chi connectivity index (χ2v) is 7.10. The Hall–Kier alpha value is -3.76. The van der Waals surface area contributed by atoms with E-state index < -0.39 is 36.0 Å². The number of rotatable bonds is 6. The molecule has 0 amide bonds. The van der Waals surface area contributed by atoms with Gasteiger partial charge in [0.1, 0.15) is 22.8 Å². The Morgan fingerprint density at radius 3 is 1.59 bits per heavy atom. The van der Waals surface area contributed by atoms with Gasteiger partial charge in [0.15, 0.2) is 12.5 Å². The zero-order chi connectivity index (χ0) is 22.8. The number of nitrogens with two attached hydrogens (primary N) is 2. The molecule has 4 N–H and O–H groups in total. The van der Waals surface area contributed by atoms with Gasteiger partial charge in [-0.05, 0) is 36.4 Å². The van der Waals surface area contributed by atoms with Crippen LogP contribution in [-0.2, 0) is 31.9 Å². The Balaban J connectivity index is 1.35. The number of fused-ring (bicyclic) bond motifs is 2. The average molecular weight is 444 g/mol. The number of carbonyl (C=O) groups is 2. The van der Waals surface area contributed by atoms with E-state index in [2.05, 4.69) is 0 Å². The minimum atomic E-state index is -1.37. The summed E-state index contributed by atoms with van der Waals surface area (Å²) in [7, 11) is 0. The average Bonchev–Trinajstić information content (AvgIpc) is 3.36. The lowest BCUT2D eigenvalue weighted by Crippen LogP contribution is -2.37. The molecule has 0 radical (unpaired) electrons. The van der Waals surface area contributed by atoms with E-state index in [1.54, 1.807) is 12.1 Å². The maximum Gasteiger partial charge on any atom is 0.419 e. The third-order valence-electron chi connectivity index (χ3n) is 4.71. The summed E-state index contributed by atoms with van der Waals surface area (Å²) in [5, 5.41) is 1.04. The molecule has 4 aromatic rings. The molecular weight excluding hydrogens is 426 g/mol. The Kier molecular flexibility index (Phi) is 5.89. The standard InChI is InChI=1S/C22H18F2N2O6/c23-15-5-11-1-3-29-19(11)13(7-15)9-17(25)31-21(27)22(28)32-18(26)10-14-8-16(24)6-12-2-4-30-20(12)14/h1-8,17-18H,9-10,25-26H2. The highest BCUT2D eigenvalue weighted by atomic mass is 19.1. The molecular formula is C22H18F2N2O6. The van der Waals surface area contributed by atoms with Crippen LogP contribution in [-0.4, -0.2) is 24.4 Å². The molecule has 2 unspecified atom stereocenters. The first-order valence-corrected chi connectivity index (χ1v) is 9.54. The molecule has 0 saturated heterocycles. The normalized spacial score (nSPS) is 13.2. The Labute approximate surface area is 179 Å². The lowest BCUT2D eigenvalue weighted by Gasteiger charge is -2.15. The summed E-state index contributed by atoms with van der Waals surface area (Å²) in [4.78, 5) is 24.1. The summed E-state index contributed by atoms with van der Waals surface area (Å²) in [6.45, 7) is 0. The minimum Gasteiger partial charge on any atom is -0.464 e. The number of benzene rings is 2. The third-order valence-corrected chi connectivity index (χ3v) is 4.71. The predicted molar refractivity (Wildman–Crippen MR) is 108 cm³/mol. The summed E-state index contributed by atoms with van der Waals surface area (Å²) in [6.07, 6.45) is 0.0247. The van der Waals surface area contributed by atoms with Crippen LogP contribution in [0.4, 0.5) is 8.78 Å². The van der Waals surface area contributed by atoms with E-state index in [-0.39, 0.29) is 12.8 Å². The van der Waals surface area contributed by atoms with Crippen LogP contribution in [0.2, 0.25) is 0 Å². The van der Waals surface area contributed by atoms with Gasteiger partial charge in [0, 0.05) is 34.7 Å². The van der Waals surface area contributed by atoms with Crippen molar-refractivity contribution in [1.82, 2.24) is 0 Å². The number of halogens is 2. The van der Waals surface area contributed by atoms with Crippen LogP contribution in [0.5, 0.6) is 0 Å². The summed E-state index contributed by atoms with van der Waals surface area (Å²) in [5.74, 6) is -3.77. The molecule has 0 bridgehead atoms. The number of furan rings is 2. The van der Waals surface area contributed by atoms with Crippen molar-refractivity contribution >= 4 is 33.9 Å². The quantitative estimate of drug-likeness (QED) is 0.264. The maximum atomic E-state index is 13.7. The topological polar surface area (TPSA) is 131 Å². The van der Waals surface area contributed by atoms with Crippen molar-refractivity contribution in [2.75, 3.05) is 0 Å². The molecule has 0 spiro atoms. The van der Waals surface area contributed by atoms with Gasteiger partial charge in [0.25, 0.3) is 0 Å². The number of ether oxygens (including phenoxy) is 2. The fraction of sp³-hybridized carbons (Fsp3) is 0.182. The molecule has 10 heteroatoms. The second-order valence-electron chi connectivity index (χ2n) is 7.10. The molecule has 0 saturated carbocycles. The van der Waals surface area contributed by atoms with Crippen LogP contribution in [0.3, 0.4) is 0 Å². The molecule has 2 aromatic heterocycles. The van der Waals surface area contributed by atoms with Crippen LogP contribution >= 0.6 is 0 Å².